The molecular weight excluding hydrogens is 365 g/mol. The number of nitrogens with one attached hydrogen (secondary N) is 2. The molecule has 0 radical (unpaired) electrons. The van der Waals surface area contributed by atoms with Crippen LogP contribution in [0.1, 0.15) is 0 Å². The van der Waals surface area contributed by atoms with E-state index >= 15 is 0 Å². The van der Waals surface area contributed by atoms with Gasteiger partial charge in [-0.2, -0.15) is 13.2 Å². The molecule has 138 valence electrons. The average molecular weight is 380 g/mol. The van der Waals surface area contributed by atoms with Gasteiger partial charge in [-0.05, 0) is 12.1 Å². The molecule has 2 aromatic rings. The summed E-state index contributed by atoms with van der Waals surface area (Å²) in [6.07, 6.45) is -0.850. The molecule has 0 saturated carbocycles. The van der Waals surface area contributed by atoms with E-state index in [2.05, 4.69) is 9.72 Å². The van der Waals surface area contributed by atoms with Gasteiger partial charge in [0.25, 0.3) is 0 Å². The number of fused-ring (bicyclic) bond motifs is 1. The van der Waals surface area contributed by atoms with E-state index in [1.54, 1.807) is 5.32 Å². The summed E-state index contributed by atoms with van der Waals surface area (Å²) in [6, 6.07) is 5.43. The monoisotopic (exact) mass is 380 g/mol. The maximum absolute atomic E-state index is 13.9. The van der Waals surface area contributed by atoms with Crippen molar-refractivity contribution in [3.63, 3.8) is 0 Å². The molecule has 0 aliphatic rings. The molecule has 25 heavy (non-hydrogen) atoms. The second kappa shape index (κ2) is 5.72. The average Bonchev–Trinajstić information content (AvgIpc) is 2.91. The van der Waals surface area contributed by atoms with Crippen molar-refractivity contribution in [3.8, 4) is 0 Å². The first kappa shape index (κ1) is 18.7. The lowest BCUT2D eigenvalue weighted by Gasteiger charge is -2.39. The van der Waals surface area contributed by atoms with Crippen LogP contribution in [0.5, 0.6) is 0 Å². The van der Waals surface area contributed by atoms with E-state index in [4.69, 9.17) is 0 Å². The van der Waals surface area contributed by atoms with Crippen molar-refractivity contribution in [1.29, 1.82) is 0 Å². The molecule has 0 bridgehead atoms. The van der Waals surface area contributed by atoms with E-state index in [1.807, 2.05) is 5.32 Å². The van der Waals surface area contributed by atoms with Crippen molar-refractivity contribution in [1.82, 2.24) is 14.3 Å². The lowest BCUT2D eigenvalue weighted by Crippen LogP contribution is -2.60. The second-order valence-corrected chi connectivity index (χ2v) is 8.87. The molecule has 2 N–H and O–H groups in total. The number of carbonyl (C=O) groups excluding carboxylic acids is 2. The first-order valence-corrected chi connectivity index (χ1v) is 9.06. The van der Waals surface area contributed by atoms with Crippen LogP contribution in [0.4, 0.5) is 28.7 Å². The zero-order valence-electron chi connectivity index (χ0n) is 13.4. The number of amides is 2. The highest BCUT2D eigenvalue weighted by Gasteiger charge is 2.65. The van der Waals surface area contributed by atoms with Crippen LogP contribution in [0, 0.1) is 0 Å². The van der Waals surface area contributed by atoms with Crippen LogP contribution in [0.25, 0.3) is 11.0 Å². The number of nitrogens with zero attached hydrogens (tertiary/aromatic N) is 2. The number of benzene rings is 1. The fourth-order valence-corrected chi connectivity index (χ4v) is 4.40. The van der Waals surface area contributed by atoms with Crippen molar-refractivity contribution in [3.05, 3.63) is 24.3 Å². The van der Waals surface area contributed by atoms with Crippen LogP contribution < -0.4 is 10.6 Å². The van der Waals surface area contributed by atoms with Gasteiger partial charge in [0.05, 0.1) is 18.1 Å². The molecule has 1 aromatic carbocycles. The van der Waals surface area contributed by atoms with Gasteiger partial charge in [-0.1, -0.05) is 12.1 Å². The lowest BCUT2D eigenvalue weighted by atomic mass is 10.3. The van der Waals surface area contributed by atoms with Gasteiger partial charge in [-0.15, -0.1) is 0 Å². The summed E-state index contributed by atoms with van der Waals surface area (Å²) >= 11 is 0. The number of carbonyl (C=O) groups is 2. The van der Waals surface area contributed by atoms with Gasteiger partial charge in [0, 0.05) is 13.3 Å². The van der Waals surface area contributed by atoms with Crippen molar-refractivity contribution < 1.29 is 31.7 Å². The Labute approximate surface area is 139 Å². The minimum Gasteiger partial charge on any atom is -0.453 e. The summed E-state index contributed by atoms with van der Waals surface area (Å²) < 4.78 is 59.6. The fourth-order valence-electron chi connectivity index (χ4n) is 2.20. The fraction of sp³-hybridized carbons (Fsp3) is 0.308. The molecule has 0 fully saturated rings. The SMILES string of the molecule is CNC(=O)S(C)(=O)(n1c(NC(=O)OC)nc2ccccc21)C(F)(F)F. The van der Waals surface area contributed by atoms with Crippen molar-refractivity contribution in [2.24, 2.45) is 0 Å². The van der Waals surface area contributed by atoms with Crippen LogP contribution >= 0.6 is 0 Å². The number of aromatic nitrogens is 2. The minimum atomic E-state index is -6.27. The van der Waals surface area contributed by atoms with Gasteiger partial charge in [-0.3, -0.25) is 10.1 Å². The minimum absolute atomic E-state index is 0.00255. The molecule has 2 rings (SSSR count). The maximum atomic E-state index is 13.9. The standard InChI is InChI=1S/C13H15F3N4O4S/c1-17-12(22)25(3,23,13(14,15)16)20-9-7-5-4-6-8(9)18-10(20)19-11(21)24-2/h4-7H,1-3H3,(H,17,22)(H,18,19,21). The third-order valence-electron chi connectivity index (χ3n) is 3.54. The molecule has 1 heterocycles. The number of rotatable bonds is 2. The Morgan fingerprint density at radius 2 is 1.88 bits per heavy atom. The third-order valence-corrected chi connectivity index (χ3v) is 6.96. The van der Waals surface area contributed by atoms with Crippen molar-refractivity contribution in [2.75, 3.05) is 25.7 Å². The molecule has 0 spiro atoms. The Balaban J connectivity index is 2.98. The van der Waals surface area contributed by atoms with Gasteiger partial charge in [-0.25, -0.2) is 18.0 Å². The number of anilines is 1. The summed E-state index contributed by atoms with van der Waals surface area (Å²) in [4.78, 5) is 27.5. The Morgan fingerprint density at radius 1 is 1.28 bits per heavy atom. The maximum Gasteiger partial charge on any atom is 0.475 e. The predicted molar refractivity (Wildman–Crippen MR) is 85.7 cm³/mol. The summed E-state index contributed by atoms with van der Waals surface area (Å²) in [5.74, 6) is -0.728. The number of hydrogen-bond acceptors (Lipinski definition) is 5. The largest absolute Gasteiger partial charge is 0.475 e. The summed E-state index contributed by atoms with van der Waals surface area (Å²) in [5.41, 5.74) is -5.70. The van der Waals surface area contributed by atoms with E-state index in [-0.39, 0.29) is 21.3 Å². The summed E-state index contributed by atoms with van der Waals surface area (Å²) in [6.45, 7) is 0. The van der Waals surface area contributed by atoms with Crippen LogP contribution in [0.2, 0.25) is 0 Å². The Bertz CT molecular complexity index is 924. The van der Waals surface area contributed by atoms with E-state index in [1.165, 1.54) is 24.3 Å². The molecule has 2 amide bonds. The number of halogens is 3. The molecule has 12 heteroatoms. The molecule has 0 saturated heterocycles. The van der Waals surface area contributed by atoms with E-state index in [0.29, 0.717) is 0 Å². The van der Waals surface area contributed by atoms with Gasteiger partial charge in [0.1, 0.15) is 9.25 Å². The first-order chi connectivity index (χ1) is 11.5. The molecule has 0 unspecified atom stereocenters. The van der Waals surface area contributed by atoms with E-state index < -0.39 is 32.0 Å². The summed E-state index contributed by atoms with van der Waals surface area (Å²) in [5, 5.41) is 1.99. The van der Waals surface area contributed by atoms with Gasteiger partial charge < -0.3 is 10.1 Å². The molecule has 0 aliphatic carbocycles. The summed E-state index contributed by atoms with van der Waals surface area (Å²) in [7, 11) is -4.35. The predicted octanol–water partition coefficient (Wildman–Crippen LogP) is 2.29. The second-order valence-electron chi connectivity index (χ2n) is 5.10. The van der Waals surface area contributed by atoms with Crippen LogP contribution in [-0.2, 0) is 14.0 Å². The van der Waals surface area contributed by atoms with Gasteiger partial charge in [0.2, 0.25) is 5.95 Å². The molecule has 0 atom stereocenters. The smallest absolute Gasteiger partial charge is 0.453 e. The van der Waals surface area contributed by atoms with Gasteiger partial charge >= 0.3 is 16.8 Å². The zero-order valence-corrected chi connectivity index (χ0v) is 14.2. The number of para-hydroxylation sites is 2. The highest BCUT2D eigenvalue weighted by atomic mass is 32.3. The Morgan fingerprint density at radius 3 is 2.40 bits per heavy atom. The highest BCUT2D eigenvalue weighted by Crippen LogP contribution is 2.47. The zero-order chi connectivity index (χ0) is 19.1. The molecule has 1 aromatic heterocycles. The Hall–Kier alpha value is -2.63. The molecule has 0 aliphatic heterocycles. The van der Waals surface area contributed by atoms with Crippen LogP contribution in [0.3, 0.4) is 0 Å². The first-order valence-electron chi connectivity index (χ1n) is 6.73. The lowest BCUT2D eigenvalue weighted by molar-refractivity contribution is -0.0448. The van der Waals surface area contributed by atoms with Gasteiger partial charge in [0.15, 0.2) is 0 Å². The van der Waals surface area contributed by atoms with E-state index in [9.17, 15) is 27.0 Å². The topological polar surface area (TPSA) is 102 Å². The van der Waals surface area contributed by atoms with Crippen LogP contribution in [-0.4, -0.2) is 50.4 Å². The number of ether oxygens (including phenoxy) is 1. The third kappa shape index (κ3) is 2.52. The number of imidazole rings is 1. The quantitative estimate of drug-likeness (QED) is 0.832. The van der Waals surface area contributed by atoms with Crippen molar-refractivity contribution in [2.45, 2.75) is 5.51 Å². The number of hydrogen-bond donors (Lipinski definition) is 2. The molecule has 8 nitrogen and oxygen atoms in total. The number of alkyl halides is 3. The van der Waals surface area contributed by atoms with Crippen molar-refractivity contribution >= 4 is 37.6 Å². The number of methoxy groups -OCH3 is 1. The highest BCUT2D eigenvalue weighted by molar-refractivity contribution is 8.31. The Kier molecular flexibility index (Phi) is 4.28. The molecular formula is C13H15F3N4O4S. The van der Waals surface area contributed by atoms with Crippen LogP contribution in [0.15, 0.2) is 24.3 Å². The van der Waals surface area contributed by atoms with E-state index in [0.717, 1.165) is 14.2 Å². The normalized spacial score (nSPS) is 13.8.